The number of hydrogen-bond acceptors (Lipinski definition) is 4. The number of amides is 1. The number of fused-ring (bicyclic) bond motifs is 2. The third-order valence-corrected chi connectivity index (χ3v) is 6.22. The third kappa shape index (κ3) is 4.92. The molecule has 1 aliphatic heterocycles. The van der Waals surface area contributed by atoms with Gasteiger partial charge in [0.2, 0.25) is 0 Å². The van der Waals surface area contributed by atoms with Gasteiger partial charge in [0, 0.05) is 54.2 Å². The second-order valence-electron chi connectivity index (χ2n) is 8.73. The van der Waals surface area contributed by atoms with Crippen LogP contribution in [0.2, 0.25) is 0 Å². The van der Waals surface area contributed by atoms with Crippen molar-refractivity contribution in [3.8, 4) is 0 Å². The summed E-state index contributed by atoms with van der Waals surface area (Å²) in [6.45, 7) is 4.85. The quantitative estimate of drug-likeness (QED) is 0.420. The van der Waals surface area contributed by atoms with Crippen LogP contribution in [0.15, 0.2) is 72.8 Å². The van der Waals surface area contributed by atoms with Gasteiger partial charge in [0.1, 0.15) is 5.82 Å². The van der Waals surface area contributed by atoms with E-state index in [4.69, 9.17) is 0 Å². The van der Waals surface area contributed by atoms with Crippen LogP contribution in [0.5, 0.6) is 0 Å². The Morgan fingerprint density at radius 3 is 2.82 bits per heavy atom. The molecule has 1 aliphatic rings. The molecule has 0 bridgehead atoms. The molecule has 5 nitrogen and oxygen atoms in total. The Balaban J connectivity index is 1.21. The van der Waals surface area contributed by atoms with Crippen molar-refractivity contribution in [2.45, 2.75) is 19.9 Å². The van der Waals surface area contributed by atoms with Crippen LogP contribution in [0.4, 0.5) is 15.8 Å². The molecule has 2 heterocycles. The van der Waals surface area contributed by atoms with Gasteiger partial charge in [-0.25, -0.2) is 4.39 Å². The highest BCUT2D eigenvalue weighted by Gasteiger charge is 2.17. The lowest BCUT2D eigenvalue weighted by Gasteiger charge is -2.28. The van der Waals surface area contributed by atoms with Crippen LogP contribution in [0.3, 0.4) is 0 Å². The van der Waals surface area contributed by atoms with E-state index in [2.05, 4.69) is 20.5 Å². The number of para-hydroxylation sites is 1. The molecule has 0 atom stereocenters. The molecule has 0 saturated carbocycles. The van der Waals surface area contributed by atoms with Gasteiger partial charge in [0.25, 0.3) is 5.91 Å². The van der Waals surface area contributed by atoms with Crippen molar-refractivity contribution in [1.29, 1.82) is 0 Å². The van der Waals surface area contributed by atoms with Crippen molar-refractivity contribution in [3.63, 3.8) is 0 Å². The van der Waals surface area contributed by atoms with Gasteiger partial charge in [-0.15, -0.1) is 0 Å². The van der Waals surface area contributed by atoms with E-state index in [1.165, 1.54) is 11.6 Å². The van der Waals surface area contributed by atoms with Gasteiger partial charge in [0.05, 0.1) is 5.52 Å². The number of carbonyl (C=O) groups is 1. The lowest BCUT2D eigenvalue weighted by atomic mass is 10.00. The number of carbonyl (C=O) groups excluding carboxylic acids is 1. The minimum atomic E-state index is -0.197. The predicted molar refractivity (Wildman–Crippen MR) is 134 cm³/mol. The molecule has 1 amide bonds. The number of nitrogens with zero attached hydrogens (tertiary/aromatic N) is 2. The van der Waals surface area contributed by atoms with E-state index in [0.717, 1.165) is 53.0 Å². The van der Waals surface area contributed by atoms with Crippen LogP contribution in [0.25, 0.3) is 10.9 Å². The van der Waals surface area contributed by atoms with E-state index in [0.29, 0.717) is 18.7 Å². The molecular formula is C28H27FN4O. The first-order valence-electron chi connectivity index (χ1n) is 11.6. The highest BCUT2D eigenvalue weighted by Crippen LogP contribution is 2.27. The number of hydrogen-bond donors (Lipinski definition) is 2. The summed E-state index contributed by atoms with van der Waals surface area (Å²) in [6.07, 6.45) is 0.903. The summed E-state index contributed by atoms with van der Waals surface area (Å²) in [5.41, 5.74) is 6.52. The molecule has 0 aliphatic carbocycles. The van der Waals surface area contributed by atoms with Gasteiger partial charge in [-0.05, 0) is 66.9 Å². The Morgan fingerprint density at radius 2 is 1.91 bits per heavy atom. The largest absolute Gasteiger partial charge is 0.355 e. The molecule has 0 spiro atoms. The molecule has 34 heavy (non-hydrogen) atoms. The first kappa shape index (κ1) is 22.0. The summed E-state index contributed by atoms with van der Waals surface area (Å²) in [7, 11) is 0. The maximum absolute atomic E-state index is 13.6. The van der Waals surface area contributed by atoms with E-state index in [1.54, 1.807) is 6.07 Å². The highest BCUT2D eigenvalue weighted by molar-refractivity contribution is 5.96. The van der Waals surface area contributed by atoms with Gasteiger partial charge in [0.15, 0.2) is 0 Å². The molecule has 0 saturated heterocycles. The number of aryl methyl sites for hydroxylation is 1. The fourth-order valence-corrected chi connectivity index (χ4v) is 4.51. The minimum absolute atomic E-state index is 0.108. The fourth-order valence-electron chi connectivity index (χ4n) is 4.51. The maximum Gasteiger partial charge on any atom is 0.251 e. The number of benzene rings is 3. The summed E-state index contributed by atoms with van der Waals surface area (Å²) in [4.78, 5) is 19.6. The van der Waals surface area contributed by atoms with Crippen molar-refractivity contribution in [1.82, 2.24) is 15.2 Å². The van der Waals surface area contributed by atoms with E-state index in [-0.39, 0.29) is 11.7 Å². The van der Waals surface area contributed by atoms with Gasteiger partial charge in [-0.2, -0.15) is 0 Å². The average Bonchev–Trinajstić information content (AvgIpc) is 2.84. The Kier molecular flexibility index (Phi) is 6.23. The SMILES string of the molecule is Cc1cc(Nc2cccc(C(=O)NCCN3CCc4ccc(F)cc4C3)c2)c2ccccc2n1. The lowest BCUT2D eigenvalue weighted by molar-refractivity contribution is 0.0947. The molecule has 0 radical (unpaired) electrons. The molecule has 5 rings (SSSR count). The zero-order chi connectivity index (χ0) is 23.5. The zero-order valence-electron chi connectivity index (χ0n) is 19.1. The summed E-state index contributed by atoms with van der Waals surface area (Å²) in [5, 5.41) is 7.50. The summed E-state index contributed by atoms with van der Waals surface area (Å²) in [6, 6.07) is 22.5. The van der Waals surface area contributed by atoms with E-state index in [9.17, 15) is 9.18 Å². The molecule has 0 unspecified atom stereocenters. The van der Waals surface area contributed by atoms with Crippen molar-refractivity contribution < 1.29 is 9.18 Å². The summed E-state index contributed by atoms with van der Waals surface area (Å²) >= 11 is 0. The van der Waals surface area contributed by atoms with Crippen molar-refractivity contribution in [2.75, 3.05) is 25.0 Å². The maximum atomic E-state index is 13.6. The van der Waals surface area contributed by atoms with Crippen LogP contribution in [0.1, 0.15) is 27.2 Å². The Labute approximate surface area is 198 Å². The molecular weight excluding hydrogens is 427 g/mol. The number of aromatic nitrogens is 1. The van der Waals surface area contributed by atoms with E-state index >= 15 is 0 Å². The number of nitrogens with one attached hydrogen (secondary N) is 2. The van der Waals surface area contributed by atoms with Gasteiger partial charge in [-0.1, -0.05) is 30.3 Å². The van der Waals surface area contributed by atoms with E-state index < -0.39 is 0 Å². The highest BCUT2D eigenvalue weighted by atomic mass is 19.1. The standard InChI is InChI=1S/C28H27FN4O/c1-19-15-27(25-7-2-3-8-26(25)31-19)32-24-6-4-5-21(17-24)28(34)30-12-14-33-13-11-20-9-10-23(29)16-22(20)18-33/h2-10,15-17H,11-14,18H2,1H3,(H,30,34)(H,31,32). The monoisotopic (exact) mass is 454 g/mol. The molecule has 0 fully saturated rings. The van der Waals surface area contributed by atoms with Crippen LogP contribution in [0, 0.1) is 12.7 Å². The number of rotatable bonds is 6. The first-order chi connectivity index (χ1) is 16.5. The average molecular weight is 455 g/mol. The topological polar surface area (TPSA) is 57.3 Å². The van der Waals surface area contributed by atoms with Crippen LogP contribution >= 0.6 is 0 Å². The molecule has 172 valence electrons. The number of anilines is 2. The normalized spacial score (nSPS) is 13.5. The summed E-state index contributed by atoms with van der Waals surface area (Å²) in [5.74, 6) is -0.305. The second-order valence-corrected chi connectivity index (χ2v) is 8.73. The Morgan fingerprint density at radius 1 is 1.03 bits per heavy atom. The molecule has 6 heteroatoms. The predicted octanol–water partition coefficient (Wildman–Crippen LogP) is 5.21. The first-order valence-corrected chi connectivity index (χ1v) is 11.6. The van der Waals surface area contributed by atoms with Crippen molar-refractivity contribution in [2.24, 2.45) is 0 Å². The van der Waals surface area contributed by atoms with Gasteiger partial charge >= 0.3 is 0 Å². The fraction of sp³-hybridized carbons (Fsp3) is 0.214. The lowest BCUT2D eigenvalue weighted by Crippen LogP contribution is -2.37. The third-order valence-electron chi connectivity index (χ3n) is 6.22. The smallest absolute Gasteiger partial charge is 0.251 e. The van der Waals surface area contributed by atoms with Gasteiger partial charge < -0.3 is 10.6 Å². The summed E-state index contributed by atoms with van der Waals surface area (Å²) < 4.78 is 13.6. The number of halogens is 1. The van der Waals surface area contributed by atoms with Crippen molar-refractivity contribution >= 4 is 28.2 Å². The molecule has 4 aromatic rings. The minimum Gasteiger partial charge on any atom is -0.355 e. The molecule has 3 aromatic carbocycles. The van der Waals surface area contributed by atoms with Crippen LogP contribution < -0.4 is 10.6 Å². The molecule has 2 N–H and O–H groups in total. The molecule has 1 aromatic heterocycles. The van der Waals surface area contributed by atoms with E-state index in [1.807, 2.05) is 67.6 Å². The number of pyridine rings is 1. The Bertz CT molecular complexity index is 1350. The zero-order valence-corrected chi connectivity index (χ0v) is 19.1. The van der Waals surface area contributed by atoms with Crippen LogP contribution in [-0.2, 0) is 13.0 Å². The van der Waals surface area contributed by atoms with Crippen LogP contribution in [-0.4, -0.2) is 35.4 Å². The van der Waals surface area contributed by atoms with Gasteiger partial charge in [-0.3, -0.25) is 14.7 Å². The van der Waals surface area contributed by atoms with Crippen molar-refractivity contribution in [3.05, 3.63) is 101 Å². The Hall–Kier alpha value is -3.77. The second kappa shape index (κ2) is 9.61.